The topological polar surface area (TPSA) is 80.0 Å². The summed E-state index contributed by atoms with van der Waals surface area (Å²) >= 11 is 7.72. The lowest BCUT2D eigenvalue weighted by Gasteiger charge is -2.36. The number of piperidine rings is 1. The molecule has 0 radical (unpaired) electrons. The van der Waals surface area contributed by atoms with Crippen LogP contribution >= 0.6 is 22.9 Å². The zero-order chi connectivity index (χ0) is 21.3. The summed E-state index contributed by atoms with van der Waals surface area (Å²) in [5.41, 5.74) is 0.993. The molecule has 1 atom stereocenters. The number of carbonyl (C=O) groups excluding carboxylic acids is 1. The van der Waals surface area contributed by atoms with Crippen LogP contribution < -0.4 is 0 Å². The molecule has 1 N–H and O–H groups in total. The van der Waals surface area contributed by atoms with Crippen molar-refractivity contribution in [3.63, 3.8) is 0 Å². The summed E-state index contributed by atoms with van der Waals surface area (Å²) in [6.07, 6.45) is 2.15. The summed E-state index contributed by atoms with van der Waals surface area (Å²) < 4.78 is 6.72. The summed E-state index contributed by atoms with van der Waals surface area (Å²) in [6.45, 7) is 5.65. The van der Waals surface area contributed by atoms with Gasteiger partial charge in [0.05, 0.1) is 23.4 Å². The van der Waals surface area contributed by atoms with Gasteiger partial charge >= 0.3 is 5.97 Å². The Labute approximate surface area is 184 Å². The van der Waals surface area contributed by atoms with Crippen molar-refractivity contribution in [1.29, 1.82) is 0 Å². The Morgan fingerprint density at radius 2 is 2.13 bits per heavy atom. The Bertz CT molecular complexity index is 1040. The fraction of sp³-hybridized carbons (Fsp3) is 0.476. The number of fused-ring (bicyclic) bond motifs is 1. The third kappa shape index (κ3) is 4.04. The maximum Gasteiger partial charge on any atom is 0.309 e. The molecule has 0 spiro atoms. The standard InChI is InChI=1S/C21H25ClN4O3S/c1-3-16-23-21-26(24-16)19(27)18(30-21)17(14-6-5-7-15(22)12-14)25-10-8-13(9-11-25)20(28)29-4-2/h5-7,12-13,17,27H,3-4,8-11H2,1-2H3/t17-/m0/s1. The van der Waals surface area contributed by atoms with Gasteiger partial charge in [0.15, 0.2) is 5.82 Å². The van der Waals surface area contributed by atoms with E-state index >= 15 is 0 Å². The minimum atomic E-state index is -0.189. The van der Waals surface area contributed by atoms with Crippen LogP contribution in [0.15, 0.2) is 24.3 Å². The highest BCUT2D eigenvalue weighted by atomic mass is 35.5. The van der Waals surface area contributed by atoms with E-state index in [1.165, 1.54) is 15.9 Å². The van der Waals surface area contributed by atoms with Gasteiger partial charge in [-0.25, -0.2) is 4.98 Å². The largest absolute Gasteiger partial charge is 0.492 e. The number of hydrogen-bond donors (Lipinski definition) is 1. The second-order valence-corrected chi connectivity index (χ2v) is 8.83. The lowest BCUT2D eigenvalue weighted by atomic mass is 9.93. The van der Waals surface area contributed by atoms with Gasteiger partial charge in [0.1, 0.15) is 0 Å². The lowest BCUT2D eigenvalue weighted by molar-refractivity contribution is -0.149. The van der Waals surface area contributed by atoms with Crippen LogP contribution in [-0.2, 0) is 16.0 Å². The predicted octanol–water partition coefficient (Wildman–Crippen LogP) is 4.08. The molecule has 7 nitrogen and oxygen atoms in total. The lowest BCUT2D eigenvalue weighted by Crippen LogP contribution is -2.39. The maximum absolute atomic E-state index is 12.1. The van der Waals surface area contributed by atoms with E-state index in [1.54, 1.807) is 0 Å². The van der Waals surface area contributed by atoms with Gasteiger partial charge < -0.3 is 9.84 Å². The third-order valence-corrected chi connectivity index (χ3v) is 6.79. The second-order valence-electron chi connectivity index (χ2n) is 7.39. The SMILES string of the molecule is CCOC(=O)C1CCN([C@@H](c2cccc(Cl)c2)c2sc3nc(CC)nn3c2O)CC1. The van der Waals surface area contributed by atoms with Crippen molar-refractivity contribution >= 4 is 33.9 Å². The van der Waals surface area contributed by atoms with Gasteiger partial charge in [-0.2, -0.15) is 4.52 Å². The van der Waals surface area contributed by atoms with E-state index in [1.807, 2.05) is 38.1 Å². The quantitative estimate of drug-likeness (QED) is 0.572. The van der Waals surface area contributed by atoms with Crippen molar-refractivity contribution in [2.45, 2.75) is 39.2 Å². The molecule has 0 unspecified atom stereocenters. The van der Waals surface area contributed by atoms with Crippen LogP contribution in [0.5, 0.6) is 5.88 Å². The van der Waals surface area contributed by atoms with Gasteiger partial charge in [0.2, 0.25) is 10.8 Å². The summed E-state index contributed by atoms with van der Waals surface area (Å²) in [6, 6.07) is 7.51. The summed E-state index contributed by atoms with van der Waals surface area (Å²) in [5, 5.41) is 16.0. The van der Waals surface area contributed by atoms with E-state index in [9.17, 15) is 9.90 Å². The Morgan fingerprint density at radius 3 is 2.77 bits per heavy atom. The van der Waals surface area contributed by atoms with Crippen LogP contribution in [0.25, 0.3) is 4.96 Å². The maximum atomic E-state index is 12.1. The number of aromatic nitrogens is 3. The highest BCUT2D eigenvalue weighted by molar-refractivity contribution is 7.17. The Balaban J connectivity index is 1.67. The molecule has 1 aliphatic rings. The number of carbonyl (C=O) groups is 1. The van der Waals surface area contributed by atoms with Gasteiger partial charge in [-0.1, -0.05) is 42.0 Å². The first-order valence-corrected chi connectivity index (χ1v) is 11.4. The van der Waals surface area contributed by atoms with Crippen molar-refractivity contribution in [1.82, 2.24) is 19.5 Å². The van der Waals surface area contributed by atoms with E-state index in [0.717, 1.165) is 23.3 Å². The molecular formula is C21H25ClN4O3S. The Morgan fingerprint density at radius 1 is 1.37 bits per heavy atom. The average molecular weight is 449 g/mol. The fourth-order valence-electron chi connectivity index (χ4n) is 3.98. The first-order valence-electron chi connectivity index (χ1n) is 10.2. The van der Waals surface area contributed by atoms with Crippen LogP contribution in [0.4, 0.5) is 0 Å². The van der Waals surface area contributed by atoms with E-state index in [-0.39, 0.29) is 23.8 Å². The van der Waals surface area contributed by atoms with E-state index in [0.29, 0.717) is 41.9 Å². The number of nitrogens with zero attached hydrogens (tertiary/aromatic N) is 4. The first kappa shape index (κ1) is 21.1. The van der Waals surface area contributed by atoms with Crippen molar-refractivity contribution < 1.29 is 14.6 Å². The first-order chi connectivity index (χ1) is 14.5. The third-order valence-electron chi connectivity index (χ3n) is 5.49. The Hall–Kier alpha value is -2.16. The molecule has 4 rings (SSSR count). The fourth-order valence-corrected chi connectivity index (χ4v) is 5.31. The van der Waals surface area contributed by atoms with Crippen LogP contribution in [0.1, 0.15) is 49.0 Å². The van der Waals surface area contributed by atoms with E-state index in [2.05, 4.69) is 15.0 Å². The number of esters is 1. The molecule has 1 aliphatic heterocycles. The number of thiazole rings is 1. The van der Waals surface area contributed by atoms with Gasteiger partial charge in [-0.15, -0.1) is 5.10 Å². The highest BCUT2D eigenvalue weighted by Crippen LogP contribution is 2.41. The molecule has 0 saturated carbocycles. The molecule has 160 valence electrons. The molecular weight excluding hydrogens is 424 g/mol. The molecule has 2 aromatic heterocycles. The van der Waals surface area contributed by atoms with Crippen LogP contribution in [0.3, 0.4) is 0 Å². The van der Waals surface area contributed by atoms with Crippen LogP contribution in [-0.4, -0.2) is 50.3 Å². The van der Waals surface area contributed by atoms with Crippen molar-refractivity contribution in [3.8, 4) is 5.88 Å². The number of hydrogen-bond acceptors (Lipinski definition) is 7. The molecule has 9 heteroatoms. The van der Waals surface area contributed by atoms with Crippen molar-refractivity contribution in [2.75, 3.05) is 19.7 Å². The summed E-state index contributed by atoms with van der Waals surface area (Å²) in [7, 11) is 0. The highest BCUT2D eigenvalue weighted by Gasteiger charge is 2.34. The zero-order valence-electron chi connectivity index (χ0n) is 17.0. The minimum absolute atomic E-state index is 0.0794. The average Bonchev–Trinajstić information content (AvgIpc) is 3.28. The monoisotopic (exact) mass is 448 g/mol. The smallest absolute Gasteiger partial charge is 0.309 e. The molecule has 1 aromatic carbocycles. The summed E-state index contributed by atoms with van der Waals surface area (Å²) in [4.78, 5) is 20.4. The normalized spacial score (nSPS) is 16.8. The predicted molar refractivity (Wildman–Crippen MR) is 116 cm³/mol. The number of ether oxygens (including phenoxy) is 1. The molecule has 0 amide bonds. The molecule has 0 bridgehead atoms. The number of aromatic hydroxyl groups is 1. The van der Waals surface area contributed by atoms with Gasteiger partial charge in [-0.05, 0) is 50.6 Å². The van der Waals surface area contributed by atoms with Crippen LogP contribution in [0.2, 0.25) is 5.02 Å². The number of benzene rings is 1. The second kappa shape index (κ2) is 8.91. The zero-order valence-corrected chi connectivity index (χ0v) is 18.6. The van der Waals surface area contributed by atoms with E-state index < -0.39 is 0 Å². The molecule has 30 heavy (non-hydrogen) atoms. The van der Waals surface area contributed by atoms with Gasteiger partial charge in [0.25, 0.3) is 0 Å². The minimum Gasteiger partial charge on any atom is -0.492 e. The molecule has 3 heterocycles. The van der Waals surface area contributed by atoms with Crippen LogP contribution in [0, 0.1) is 5.92 Å². The van der Waals surface area contributed by atoms with Crippen molar-refractivity contribution in [3.05, 3.63) is 45.6 Å². The van der Waals surface area contributed by atoms with Crippen molar-refractivity contribution in [2.24, 2.45) is 5.92 Å². The number of rotatable bonds is 6. The van der Waals surface area contributed by atoms with Gasteiger partial charge in [-0.3, -0.25) is 9.69 Å². The van der Waals surface area contributed by atoms with E-state index in [4.69, 9.17) is 16.3 Å². The number of aryl methyl sites for hydroxylation is 1. The number of likely N-dealkylation sites (tertiary alicyclic amines) is 1. The molecule has 3 aromatic rings. The summed E-state index contributed by atoms with van der Waals surface area (Å²) in [5.74, 6) is 0.617. The Kier molecular flexibility index (Phi) is 6.26. The van der Waals surface area contributed by atoms with Gasteiger partial charge in [0, 0.05) is 11.4 Å². The molecule has 1 saturated heterocycles. The molecule has 1 fully saturated rings. The number of halogens is 1. The molecule has 0 aliphatic carbocycles.